The zero-order chi connectivity index (χ0) is 26.4. The third-order valence-electron chi connectivity index (χ3n) is 5.29. The maximum Gasteiger partial charge on any atom is 0.429 e. The van der Waals surface area contributed by atoms with Crippen molar-refractivity contribution in [3.63, 3.8) is 0 Å². The molecular formula is C26H13F9O. The summed E-state index contributed by atoms with van der Waals surface area (Å²) in [4.78, 5) is 0. The molecule has 0 spiro atoms. The van der Waals surface area contributed by atoms with E-state index in [1.54, 1.807) is 13.0 Å². The molecule has 0 aliphatic heterocycles. The highest BCUT2D eigenvalue weighted by molar-refractivity contribution is 5.72. The van der Waals surface area contributed by atoms with Crippen molar-refractivity contribution in [2.24, 2.45) is 0 Å². The Morgan fingerprint density at radius 1 is 0.556 bits per heavy atom. The highest BCUT2D eigenvalue weighted by atomic mass is 19.3. The first-order valence-corrected chi connectivity index (χ1v) is 10.2. The minimum Gasteiger partial charge on any atom is -0.429 e. The molecule has 186 valence electrons. The molecule has 0 aliphatic rings. The summed E-state index contributed by atoms with van der Waals surface area (Å²) in [5, 5.41) is 0. The van der Waals surface area contributed by atoms with Crippen LogP contribution >= 0.6 is 0 Å². The fourth-order valence-electron chi connectivity index (χ4n) is 3.53. The predicted octanol–water partition coefficient (Wildman–Crippen LogP) is 8.43. The van der Waals surface area contributed by atoms with Gasteiger partial charge in [-0.1, -0.05) is 30.3 Å². The lowest BCUT2D eigenvalue weighted by Crippen LogP contribution is -2.24. The van der Waals surface area contributed by atoms with Crippen LogP contribution in [0.25, 0.3) is 22.3 Å². The Morgan fingerprint density at radius 2 is 1.14 bits per heavy atom. The molecule has 0 amide bonds. The number of hydrogen-bond acceptors (Lipinski definition) is 1. The summed E-state index contributed by atoms with van der Waals surface area (Å²) in [6, 6.07) is 8.64. The minimum absolute atomic E-state index is 0.0542. The molecule has 0 fully saturated rings. The minimum atomic E-state index is -4.65. The van der Waals surface area contributed by atoms with E-state index in [1.807, 2.05) is 0 Å². The van der Waals surface area contributed by atoms with Crippen molar-refractivity contribution in [3.8, 4) is 28.0 Å². The Balaban J connectivity index is 1.69. The van der Waals surface area contributed by atoms with Crippen LogP contribution in [-0.2, 0) is 6.11 Å². The van der Waals surface area contributed by atoms with Crippen LogP contribution in [0.15, 0.2) is 60.7 Å². The second-order valence-electron chi connectivity index (χ2n) is 7.79. The number of aryl methyl sites for hydroxylation is 1. The Kier molecular flexibility index (Phi) is 6.46. The van der Waals surface area contributed by atoms with Gasteiger partial charge in [-0.2, -0.15) is 8.78 Å². The van der Waals surface area contributed by atoms with Crippen molar-refractivity contribution in [1.82, 2.24) is 0 Å². The maximum absolute atomic E-state index is 14.8. The Labute approximate surface area is 198 Å². The molecule has 0 heterocycles. The molecule has 0 aliphatic carbocycles. The van der Waals surface area contributed by atoms with Crippen molar-refractivity contribution < 1.29 is 44.3 Å². The number of benzene rings is 4. The largest absolute Gasteiger partial charge is 0.429 e. The molecule has 0 saturated carbocycles. The van der Waals surface area contributed by atoms with Crippen LogP contribution in [0.1, 0.15) is 11.1 Å². The third-order valence-corrected chi connectivity index (χ3v) is 5.29. The van der Waals surface area contributed by atoms with E-state index in [1.165, 1.54) is 18.2 Å². The van der Waals surface area contributed by atoms with Crippen LogP contribution in [0, 0.1) is 47.6 Å². The van der Waals surface area contributed by atoms with Gasteiger partial charge in [0.1, 0.15) is 22.9 Å². The fourth-order valence-corrected chi connectivity index (χ4v) is 3.53. The predicted molar refractivity (Wildman–Crippen MR) is 113 cm³/mol. The molecule has 1 nitrogen and oxygen atoms in total. The molecule has 0 radical (unpaired) electrons. The highest BCUT2D eigenvalue weighted by Gasteiger charge is 2.40. The van der Waals surface area contributed by atoms with Gasteiger partial charge in [0.25, 0.3) is 0 Å². The topological polar surface area (TPSA) is 9.23 Å². The van der Waals surface area contributed by atoms with Gasteiger partial charge >= 0.3 is 6.11 Å². The number of rotatable bonds is 5. The third kappa shape index (κ3) is 4.62. The standard InChI is InChI=1S/C26H13F9O/c1-12-2-4-15(19(27)8-12)13-3-5-16(20(28)9-13)17-6-7-18(24(32)23(17)31)26(34,35)36-14-10-21(29)25(33)22(30)11-14/h2-11H,1H3. The maximum atomic E-state index is 14.8. The van der Waals surface area contributed by atoms with Crippen molar-refractivity contribution in [3.05, 3.63) is 113 Å². The van der Waals surface area contributed by atoms with E-state index in [2.05, 4.69) is 4.74 Å². The first-order valence-electron chi connectivity index (χ1n) is 10.2. The molecule has 4 aromatic carbocycles. The van der Waals surface area contributed by atoms with E-state index < -0.39 is 69.3 Å². The summed E-state index contributed by atoms with van der Waals surface area (Å²) in [5.41, 5.74) is -2.10. The zero-order valence-electron chi connectivity index (χ0n) is 18.1. The van der Waals surface area contributed by atoms with E-state index in [9.17, 15) is 39.5 Å². The second-order valence-corrected chi connectivity index (χ2v) is 7.79. The van der Waals surface area contributed by atoms with Crippen LogP contribution < -0.4 is 4.74 Å². The highest BCUT2D eigenvalue weighted by Crippen LogP contribution is 2.38. The van der Waals surface area contributed by atoms with E-state index in [4.69, 9.17) is 0 Å². The van der Waals surface area contributed by atoms with Gasteiger partial charge in [-0.25, -0.2) is 30.7 Å². The van der Waals surface area contributed by atoms with Gasteiger partial charge in [-0.05, 0) is 36.2 Å². The van der Waals surface area contributed by atoms with E-state index in [0.717, 1.165) is 12.1 Å². The first-order chi connectivity index (χ1) is 16.9. The molecule has 36 heavy (non-hydrogen) atoms. The van der Waals surface area contributed by atoms with Gasteiger partial charge in [0, 0.05) is 28.8 Å². The SMILES string of the molecule is Cc1ccc(-c2ccc(-c3ccc(C(F)(F)Oc4cc(F)c(F)c(F)c4)c(F)c3F)c(F)c2)c(F)c1. The quantitative estimate of drug-likeness (QED) is 0.193. The van der Waals surface area contributed by atoms with E-state index in [0.29, 0.717) is 17.7 Å². The lowest BCUT2D eigenvalue weighted by Gasteiger charge is -2.20. The van der Waals surface area contributed by atoms with Crippen molar-refractivity contribution in [2.45, 2.75) is 13.0 Å². The zero-order valence-corrected chi connectivity index (χ0v) is 18.1. The number of ether oxygens (including phenoxy) is 1. The normalized spacial score (nSPS) is 11.6. The van der Waals surface area contributed by atoms with Gasteiger partial charge < -0.3 is 4.74 Å². The van der Waals surface area contributed by atoms with Crippen LogP contribution in [-0.4, -0.2) is 0 Å². The number of alkyl halides is 2. The summed E-state index contributed by atoms with van der Waals surface area (Å²) in [5.74, 6) is -12.5. The molecule has 0 saturated heterocycles. The van der Waals surface area contributed by atoms with Crippen LogP contribution in [0.3, 0.4) is 0 Å². The van der Waals surface area contributed by atoms with Gasteiger partial charge in [0.15, 0.2) is 29.1 Å². The van der Waals surface area contributed by atoms with Crippen LogP contribution in [0.5, 0.6) is 5.75 Å². The summed E-state index contributed by atoms with van der Waals surface area (Å²) in [6.07, 6.45) is -4.65. The smallest absolute Gasteiger partial charge is 0.429 e. The van der Waals surface area contributed by atoms with Gasteiger partial charge in [-0.15, -0.1) is 0 Å². The molecular weight excluding hydrogens is 499 g/mol. The van der Waals surface area contributed by atoms with Gasteiger partial charge in [0.2, 0.25) is 0 Å². The molecule has 10 heteroatoms. The fraction of sp³-hybridized carbons (Fsp3) is 0.0769. The monoisotopic (exact) mass is 512 g/mol. The summed E-state index contributed by atoms with van der Waals surface area (Å²) < 4.78 is 131. The lowest BCUT2D eigenvalue weighted by molar-refractivity contribution is -0.187. The van der Waals surface area contributed by atoms with Crippen LogP contribution in [0.4, 0.5) is 39.5 Å². The Hall–Kier alpha value is -3.95. The Bertz CT molecular complexity index is 1460. The Morgan fingerprint density at radius 3 is 1.75 bits per heavy atom. The van der Waals surface area contributed by atoms with Crippen LogP contribution in [0.2, 0.25) is 0 Å². The summed E-state index contributed by atoms with van der Waals surface area (Å²) in [7, 11) is 0. The van der Waals surface area contributed by atoms with Gasteiger partial charge in [0.05, 0.1) is 0 Å². The van der Waals surface area contributed by atoms with Crippen molar-refractivity contribution >= 4 is 0 Å². The number of hydrogen-bond donors (Lipinski definition) is 0. The summed E-state index contributed by atoms with van der Waals surface area (Å²) >= 11 is 0. The average molecular weight is 512 g/mol. The molecule has 4 rings (SSSR count). The van der Waals surface area contributed by atoms with Crippen molar-refractivity contribution in [1.29, 1.82) is 0 Å². The molecule has 4 aromatic rings. The molecule has 0 bridgehead atoms. The van der Waals surface area contributed by atoms with E-state index >= 15 is 0 Å². The lowest BCUT2D eigenvalue weighted by atomic mass is 9.97. The molecule has 0 N–H and O–H groups in total. The van der Waals surface area contributed by atoms with Crippen molar-refractivity contribution in [2.75, 3.05) is 0 Å². The second kappa shape index (κ2) is 9.25. The number of halogens is 9. The van der Waals surface area contributed by atoms with E-state index in [-0.39, 0.29) is 23.3 Å². The first kappa shape index (κ1) is 25.2. The average Bonchev–Trinajstić information content (AvgIpc) is 2.79. The van der Waals surface area contributed by atoms with Gasteiger partial charge in [-0.3, -0.25) is 0 Å². The molecule has 0 aromatic heterocycles. The summed E-state index contributed by atoms with van der Waals surface area (Å²) in [6.45, 7) is 1.66. The molecule has 0 atom stereocenters. The molecule has 0 unspecified atom stereocenters.